The van der Waals surface area contributed by atoms with Gasteiger partial charge < -0.3 is 24.9 Å². The molecule has 1 heterocycles. The predicted molar refractivity (Wildman–Crippen MR) is 96.5 cm³/mol. The Hall–Kier alpha value is 0.579. The molecule has 201 valence electrons. The van der Waals surface area contributed by atoms with Crippen LogP contribution in [0.1, 0.15) is 12.8 Å². The van der Waals surface area contributed by atoms with Gasteiger partial charge in [0.2, 0.25) is 0 Å². The zero-order valence-corrected chi connectivity index (χ0v) is 21.6. The standard InChI is InChI=1S/C16H37N5.2ClHO4.Cu/c1-18(2)13-16-21-11-6-10-20(4)15-14-19(3)9-5-7-17-8-12-21;2*2-1(3,4)5;/h17H,5-16H2,1-4H3;2*(H,2,3,4,5);. The van der Waals surface area contributed by atoms with Crippen molar-refractivity contribution in [2.75, 3.05) is 93.6 Å². The van der Waals surface area contributed by atoms with Gasteiger partial charge in [0.05, 0.1) is 29.8 Å². The summed E-state index contributed by atoms with van der Waals surface area (Å²) in [6, 6.07) is 0. The maximum Gasteiger partial charge on any atom is 0.0777 e. The third kappa shape index (κ3) is 40.9. The molecule has 0 atom stereocenters. The number of nitrogens with one attached hydrogen (secondary N) is 1. The molecule has 0 amide bonds. The van der Waals surface area contributed by atoms with Gasteiger partial charge in [-0.05, 0) is 67.2 Å². The minimum atomic E-state index is -4.69. The van der Waals surface area contributed by atoms with Crippen molar-refractivity contribution in [3.05, 3.63) is 0 Å². The molecule has 1 saturated heterocycles. The molecule has 1 rings (SSSR count). The van der Waals surface area contributed by atoms with Crippen LogP contribution in [-0.2, 0) is 17.1 Å². The Morgan fingerprint density at radius 3 is 1.62 bits per heavy atom. The molecule has 0 aromatic carbocycles. The Labute approximate surface area is 206 Å². The molecular formula is C16H39Cl2CuN5O8. The van der Waals surface area contributed by atoms with E-state index < -0.39 is 20.5 Å². The van der Waals surface area contributed by atoms with Gasteiger partial charge in [-0.1, -0.05) is 0 Å². The fourth-order valence-electron chi connectivity index (χ4n) is 2.64. The first-order valence-corrected chi connectivity index (χ1v) is 12.3. The first-order valence-electron chi connectivity index (χ1n) is 9.79. The molecule has 1 aliphatic rings. The van der Waals surface area contributed by atoms with Crippen LogP contribution in [-0.4, -0.2) is 123 Å². The Kier molecular flexibility index (Phi) is 24.3. The largest absolute Gasteiger partial charge is 0.315 e. The van der Waals surface area contributed by atoms with Gasteiger partial charge in [0, 0.05) is 56.3 Å². The van der Waals surface area contributed by atoms with E-state index in [1.54, 1.807) is 0 Å². The summed E-state index contributed by atoms with van der Waals surface area (Å²) in [5.74, 6) is 0. The van der Waals surface area contributed by atoms with Gasteiger partial charge in [-0.3, -0.25) is 0 Å². The van der Waals surface area contributed by atoms with Crippen LogP contribution in [0.3, 0.4) is 0 Å². The number of halogens is 2. The zero-order valence-electron chi connectivity index (χ0n) is 19.2. The van der Waals surface area contributed by atoms with Crippen LogP contribution in [0.2, 0.25) is 0 Å². The normalized spacial score (nSPS) is 19.0. The molecule has 16 heteroatoms. The van der Waals surface area contributed by atoms with Crippen LogP contribution in [0.25, 0.3) is 0 Å². The van der Waals surface area contributed by atoms with E-state index in [4.69, 9.17) is 37.3 Å². The molecule has 3 N–H and O–H groups in total. The molecule has 1 aliphatic heterocycles. The van der Waals surface area contributed by atoms with Crippen LogP contribution in [0.4, 0.5) is 0 Å². The van der Waals surface area contributed by atoms with Gasteiger partial charge >= 0.3 is 0 Å². The number of nitrogens with zero attached hydrogens (tertiary/aromatic N) is 4. The third-order valence-electron chi connectivity index (χ3n) is 4.24. The molecule has 0 unspecified atom stereocenters. The summed E-state index contributed by atoms with van der Waals surface area (Å²) in [4.78, 5) is 9.82. The molecule has 0 bridgehead atoms. The second-order valence-electron chi connectivity index (χ2n) is 7.50. The number of hydrogen-bond acceptors (Lipinski definition) is 13. The van der Waals surface area contributed by atoms with Crippen molar-refractivity contribution in [3.8, 4) is 0 Å². The summed E-state index contributed by atoms with van der Waals surface area (Å²) >= 11 is 0. The van der Waals surface area contributed by atoms with E-state index in [1.165, 1.54) is 58.7 Å². The molecular weight excluding hydrogens is 525 g/mol. The second-order valence-corrected chi connectivity index (χ2v) is 9.08. The minimum absolute atomic E-state index is 0. The summed E-state index contributed by atoms with van der Waals surface area (Å²) in [7, 11) is -0.576. The molecule has 0 aromatic rings. The molecule has 0 spiro atoms. The topological polar surface area (TPSA) is 204 Å². The quantitative estimate of drug-likeness (QED) is 0.273. The van der Waals surface area contributed by atoms with Gasteiger partial charge in [-0.2, -0.15) is 28.0 Å². The predicted octanol–water partition coefficient (Wildman–Crippen LogP) is -8.15. The minimum Gasteiger partial charge on any atom is -0.315 e. The third-order valence-corrected chi connectivity index (χ3v) is 4.24. The van der Waals surface area contributed by atoms with Crippen molar-refractivity contribution in [1.82, 2.24) is 24.9 Å². The van der Waals surface area contributed by atoms with Gasteiger partial charge in [-0.25, -0.2) is 0 Å². The van der Waals surface area contributed by atoms with Gasteiger partial charge in [0.25, 0.3) is 0 Å². The summed E-state index contributed by atoms with van der Waals surface area (Å²) < 4.78 is 65.4. The molecule has 0 saturated carbocycles. The van der Waals surface area contributed by atoms with E-state index in [1.807, 2.05) is 0 Å². The van der Waals surface area contributed by atoms with E-state index in [0.29, 0.717) is 0 Å². The maximum atomic E-state index is 8.60. The summed E-state index contributed by atoms with van der Waals surface area (Å²) in [5.41, 5.74) is 0. The maximum absolute atomic E-state index is 8.60. The Bertz CT molecular complexity index is 399. The van der Waals surface area contributed by atoms with Crippen molar-refractivity contribution < 1.29 is 74.8 Å². The van der Waals surface area contributed by atoms with Crippen molar-refractivity contribution in [2.45, 2.75) is 12.8 Å². The molecule has 0 aliphatic carbocycles. The van der Waals surface area contributed by atoms with Gasteiger partial charge in [-0.15, -0.1) is 0 Å². The van der Waals surface area contributed by atoms with Crippen LogP contribution in [0.15, 0.2) is 0 Å². The van der Waals surface area contributed by atoms with Crippen molar-refractivity contribution in [2.24, 2.45) is 0 Å². The molecule has 32 heavy (non-hydrogen) atoms. The molecule has 13 nitrogen and oxygen atoms in total. The van der Waals surface area contributed by atoms with Gasteiger partial charge in [0.1, 0.15) is 0 Å². The van der Waals surface area contributed by atoms with Crippen molar-refractivity contribution in [3.63, 3.8) is 0 Å². The summed E-state index contributed by atoms with van der Waals surface area (Å²) in [5, 5.41) is 3.59. The zero-order chi connectivity index (χ0) is 24.5. The fraction of sp³-hybridized carbons (Fsp3) is 1.00. The SMILES string of the molecule is CN(C)CCN1CCCN(C)CCN(C)CCCNCC1.[Cu].[O-][Cl+3]([O-])([O-])O.[O-][Cl+3]([O-])([O-])O. The van der Waals surface area contributed by atoms with Crippen molar-refractivity contribution in [1.29, 1.82) is 0 Å². The van der Waals surface area contributed by atoms with Crippen molar-refractivity contribution >= 4 is 0 Å². The van der Waals surface area contributed by atoms with Crippen LogP contribution in [0, 0.1) is 20.5 Å². The monoisotopic (exact) mass is 562 g/mol. The first kappa shape index (κ1) is 37.1. The Balaban J connectivity index is -0.000000640. The fourth-order valence-corrected chi connectivity index (χ4v) is 2.64. The van der Waals surface area contributed by atoms with Crippen LogP contribution >= 0.6 is 0 Å². The number of likely N-dealkylation sites (N-methyl/N-ethyl adjacent to an activating group) is 3. The van der Waals surface area contributed by atoms with E-state index in [0.717, 1.165) is 19.6 Å². The molecule has 0 aromatic heterocycles. The summed E-state index contributed by atoms with van der Waals surface area (Å²) in [6.45, 7) is 11.8. The van der Waals surface area contributed by atoms with E-state index in [2.05, 4.69) is 53.1 Å². The molecule has 1 radical (unpaired) electrons. The Morgan fingerprint density at radius 1 is 0.750 bits per heavy atom. The average Bonchev–Trinajstić information content (AvgIpc) is 2.56. The van der Waals surface area contributed by atoms with E-state index >= 15 is 0 Å². The smallest absolute Gasteiger partial charge is 0.0777 e. The van der Waals surface area contributed by atoms with Gasteiger partial charge in [0.15, 0.2) is 0 Å². The number of rotatable bonds is 3. The van der Waals surface area contributed by atoms with E-state index in [-0.39, 0.29) is 17.1 Å². The summed E-state index contributed by atoms with van der Waals surface area (Å²) in [6.07, 6.45) is 2.52. The van der Waals surface area contributed by atoms with Crippen LogP contribution in [0.5, 0.6) is 0 Å². The Morgan fingerprint density at radius 2 is 1.19 bits per heavy atom. The second kappa shape index (κ2) is 20.9. The van der Waals surface area contributed by atoms with Crippen LogP contribution < -0.4 is 33.3 Å². The number of hydrogen-bond donors (Lipinski definition) is 3. The first-order chi connectivity index (χ1) is 14.1. The van der Waals surface area contributed by atoms with E-state index in [9.17, 15) is 0 Å². The average molecular weight is 564 g/mol. The molecule has 1 fully saturated rings.